The molecule has 1 fully saturated rings. The molecule has 1 heterocycles. The Balaban J connectivity index is 0.000000722. The molecule has 0 saturated carbocycles. The van der Waals surface area contributed by atoms with Crippen molar-refractivity contribution in [3.8, 4) is 39.5 Å². The molecule has 4 aromatic carbocycles. The zero-order valence-electron chi connectivity index (χ0n) is 23.0. The number of hydrogen-bond acceptors (Lipinski definition) is 4. The van der Waals surface area contributed by atoms with Crippen LogP contribution >= 0.6 is 58.7 Å². The molecule has 1 atom stereocenters. The van der Waals surface area contributed by atoms with Gasteiger partial charge in [0.25, 0.3) is 0 Å². The van der Waals surface area contributed by atoms with Crippen LogP contribution in [0.25, 0.3) is 22.3 Å². The molecule has 4 nitrogen and oxygen atoms in total. The van der Waals surface area contributed by atoms with Crippen molar-refractivity contribution in [2.75, 3.05) is 34.5 Å². The Labute approximate surface area is 268 Å². The van der Waals surface area contributed by atoms with Gasteiger partial charge in [-0.15, -0.1) is 17.0 Å². The van der Waals surface area contributed by atoms with Crippen molar-refractivity contribution in [3.63, 3.8) is 0 Å². The number of hydrogen-bond donors (Lipinski definition) is 0. The monoisotopic (exact) mass is 752 g/mol. The Bertz CT molecular complexity index is 1240. The van der Waals surface area contributed by atoms with E-state index >= 15 is 0 Å². The maximum absolute atomic E-state index is 5.98. The second kappa shape index (κ2) is 16.5. The van der Waals surface area contributed by atoms with Gasteiger partial charge in [-0.05, 0) is 29.5 Å². The molecule has 1 saturated heterocycles. The standard InChI is InChI=1S/C28H24Br2O3.C4H8O.BrH.H3P/c1-31-25-22(19-13-7-4-8-14-19)24(28(29,30)21-17-11-6-12-18-21)23(20-15-9-5-10-16-20)26(32-2)27(25)33-3;1-2-4-5-3-1;;/h4-18H,1-3H3;1-4H2;1H;1H3. The quantitative estimate of drug-likeness (QED) is 0.139. The SMILES string of the molecule is Br.C1CCOC1.COc1c(OC)c(-c2ccccc2)c(C(Br)(Br)c2ccccc2)c(-c2ccccc2)c1OC.P. The van der Waals surface area contributed by atoms with Crippen LogP contribution in [0.4, 0.5) is 0 Å². The lowest BCUT2D eigenvalue weighted by atomic mass is 9.86. The second-order valence-corrected chi connectivity index (χ2v) is 12.2. The number of halogens is 3. The van der Waals surface area contributed by atoms with E-state index in [1.54, 1.807) is 21.3 Å². The third-order valence-electron chi connectivity index (χ3n) is 6.38. The molecule has 0 spiro atoms. The van der Waals surface area contributed by atoms with E-state index < -0.39 is 3.23 Å². The Hall–Kier alpha value is -1.89. The molecule has 1 unspecified atom stereocenters. The summed E-state index contributed by atoms with van der Waals surface area (Å²) in [7, 11) is 4.95. The van der Waals surface area contributed by atoms with Crippen LogP contribution in [0.1, 0.15) is 24.0 Å². The van der Waals surface area contributed by atoms with Crippen molar-refractivity contribution in [1.29, 1.82) is 0 Å². The zero-order chi connectivity index (χ0) is 27.0. The fourth-order valence-corrected chi connectivity index (χ4v) is 5.96. The molecule has 1 aliphatic rings. The average molecular weight is 755 g/mol. The Morgan fingerprint density at radius 1 is 0.600 bits per heavy atom. The van der Waals surface area contributed by atoms with Gasteiger partial charge in [-0.3, -0.25) is 0 Å². The maximum atomic E-state index is 5.98. The maximum Gasteiger partial charge on any atom is 0.204 e. The van der Waals surface area contributed by atoms with Crippen molar-refractivity contribution in [2.24, 2.45) is 0 Å². The van der Waals surface area contributed by atoms with E-state index in [0.29, 0.717) is 17.2 Å². The fourth-order valence-electron chi connectivity index (χ4n) is 4.63. The van der Waals surface area contributed by atoms with Crippen LogP contribution in [0.15, 0.2) is 91.0 Å². The third-order valence-corrected chi connectivity index (χ3v) is 8.09. The minimum Gasteiger partial charge on any atom is -0.492 e. The normalized spacial score (nSPS) is 12.2. The summed E-state index contributed by atoms with van der Waals surface area (Å²) in [6.07, 6.45) is 2.56. The van der Waals surface area contributed by atoms with E-state index in [-0.39, 0.29) is 26.9 Å². The van der Waals surface area contributed by atoms with E-state index in [2.05, 4.69) is 68.3 Å². The lowest BCUT2D eigenvalue weighted by molar-refractivity contribution is 0.198. The van der Waals surface area contributed by atoms with Gasteiger partial charge in [0.1, 0.15) is 3.23 Å². The molecule has 5 rings (SSSR count). The predicted octanol–water partition coefficient (Wildman–Crippen LogP) is 9.47. The fraction of sp³-hybridized carbons (Fsp3) is 0.250. The minimum atomic E-state index is -0.746. The molecule has 0 N–H and O–H groups in total. The van der Waals surface area contributed by atoms with Crippen molar-refractivity contribution in [1.82, 2.24) is 0 Å². The molecule has 4 aromatic rings. The highest BCUT2D eigenvalue weighted by molar-refractivity contribution is 9.25. The molecule has 0 bridgehead atoms. The van der Waals surface area contributed by atoms with E-state index in [4.69, 9.17) is 18.9 Å². The summed E-state index contributed by atoms with van der Waals surface area (Å²) < 4.78 is 22.0. The number of rotatable bonds is 7. The second-order valence-electron chi connectivity index (χ2n) is 8.72. The van der Waals surface area contributed by atoms with Crippen LogP contribution < -0.4 is 14.2 Å². The number of benzene rings is 4. The predicted molar refractivity (Wildman–Crippen MR) is 184 cm³/mol. The van der Waals surface area contributed by atoms with E-state index in [9.17, 15) is 0 Å². The highest BCUT2D eigenvalue weighted by Gasteiger charge is 2.39. The topological polar surface area (TPSA) is 36.9 Å². The molecule has 214 valence electrons. The van der Waals surface area contributed by atoms with Crippen molar-refractivity contribution in [3.05, 3.63) is 102 Å². The first kappa shape index (κ1) is 34.3. The lowest BCUT2D eigenvalue weighted by Crippen LogP contribution is -2.16. The summed E-state index contributed by atoms with van der Waals surface area (Å²) >= 11 is 8.07. The summed E-state index contributed by atoms with van der Waals surface area (Å²) in [5, 5.41) is 0. The number of methoxy groups -OCH3 is 3. The van der Waals surface area contributed by atoms with Gasteiger partial charge in [-0.25, -0.2) is 0 Å². The van der Waals surface area contributed by atoms with Crippen LogP contribution in [0.3, 0.4) is 0 Å². The van der Waals surface area contributed by atoms with Crippen molar-refractivity contribution in [2.45, 2.75) is 16.1 Å². The van der Waals surface area contributed by atoms with Gasteiger partial charge >= 0.3 is 0 Å². The Morgan fingerprint density at radius 2 is 0.975 bits per heavy atom. The van der Waals surface area contributed by atoms with Crippen LogP contribution in [0.2, 0.25) is 0 Å². The summed E-state index contributed by atoms with van der Waals surface area (Å²) in [5.74, 6) is 1.76. The molecule has 0 radical (unpaired) electrons. The summed E-state index contributed by atoms with van der Waals surface area (Å²) in [4.78, 5) is 0. The van der Waals surface area contributed by atoms with Gasteiger partial charge < -0.3 is 18.9 Å². The highest BCUT2D eigenvalue weighted by Crippen LogP contribution is 2.60. The van der Waals surface area contributed by atoms with Crippen molar-refractivity contribution >= 4 is 58.7 Å². The van der Waals surface area contributed by atoms with Gasteiger partial charge in [0, 0.05) is 29.9 Å². The minimum absolute atomic E-state index is 0. The van der Waals surface area contributed by atoms with Gasteiger partial charge in [-0.2, -0.15) is 9.90 Å². The van der Waals surface area contributed by atoms with Gasteiger partial charge in [0.15, 0.2) is 11.5 Å². The van der Waals surface area contributed by atoms with E-state index in [1.807, 2.05) is 54.6 Å². The van der Waals surface area contributed by atoms with E-state index in [0.717, 1.165) is 46.6 Å². The lowest BCUT2D eigenvalue weighted by Gasteiger charge is -2.31. The summed E-state index contributed by atoms with van der Waals surface area (Å²) in [6.45, 7) is 2.00. The molecule has 0 amide bonds. The molecule has 40 heavy (non-hydrogen) atoms. The van der Waals surface area contributed by atoms with Crippen LogP contribution in [0.5, 0.6) is 17.2 Å². The molecular weight excluding hydrogens is 719 g/mol. The van der Waals surface area contributed by atoms with Crippen LogP contribution in [0, 0.1) is 0 Å². The average Bonchev–Trinajstić information content (AvgIpc) is 3.57. The van der Waals surface area contributed by atoms with Gasteiger partial charge in [-0.1, -0.05) is 123 Å². The molecule has 8 heteroatoms. The highest BCUT2D eigenvalue weighted by atomic mass is 79.9. The van der Waals surface area contributed by atoms with E-state index in [1.165, 1.54) is 12.8 Å². The number of alkyl halides is 2. The van der Waals surface area contributed by atoms with Gasteiger partial charge in [0.2, 0.25) is 5.75 Å². The summed E-state index contributed by atoms with van der Waals surface area (Å²) in [5.41, 5.74) is 5.82. The largest absolute Gasteiger partial charge is 0.492 e. The van der Waals surface area contributed by atoms with Crippen molar-refractivity contribution < 1.29 is 18.9 Å². The molecule has 1 aliphatic heterocycles. The Morgan fingerprint density at radius 3 is 1.30 bits per heavy atom. The molecule has 0 aliphatic carbocycles. The third kappa shape index (κ3) is 7.49. The van der Waals surface area contributed by atoms with Gasteiger partial charge in [0.05, 0.1) is 21.3 Å². The number of ether oxygens (including phenoxy) is 4. The molecule has 0 aromatic heterocycles. The van der Waals surface area contributed by atoms with Crippen LogP contribution in [-0.4, -0.2) is 34.5 Å². The smallest absolute Gasteiger partial charge is 0.204 e. The molecular formula is C32H36Br3O4P. The first-order valence-corrected chi connectivity index (χ1v) is 14.1. The summed E-state index contributed by atoms with van der Waals surface area (Å²) in [6, 6.07) is 30.6. The Kier molecular flexibility index (Phi) is 14.2. The van der Waals surface area contributed by atoms with Crippen LogP contribution in [-0.2, 0) is 7.97 Å². The first-order valence-electron chi connectivity index (χ1n) is 12.5. The first-order chi connectivity index (χ1) is 18.5. The zero-order valence-corrected chi connectivity index (χ0v) is 29.3.